The van der Waals surface area contributed by atoms with Crippen molar-refractivity contribution in [3.63, 3.8) is 0 Å². The monoisotopic (exact) mass is 496 g/mol. The molecule has 0 radical (unpaired) electrons. The maximum Gasteiger partial charge on any atom is 0.225 e. The van der Waals surface area contributed by atoms with Gasteiger partial charge in [-0.3, -0.25) is 4.99 Å². The van der Waals surface area contributed by atoms with Crippen LogP contribution in [0.3, 0.4) is 0 Å². The van der Waals surface area contributed by atoms with Crippen LogP contribution in [0.2, 0.25) is 0 Å². The number of aromatic nitrogens is 2. The summed E-state index contributed by atoms with van der Waals surface area (Å²) in [5.74, 6) is 1.75. The molecule has 1 aliphatic heterocycles. The highest BCUT2D eigenvalue weighted by atomic mass is 127. The Labute approximate surface area is 184 Å². The second-order valence-electron chi connectivity index (χ2n) is 6.30. The van der Waals surface area contributed by atoms with Gasteiger partial charge in [0.1, 0.15) is 0 Å². The Kier molecular flexibility index (Phi) is 9.98. The van der Waals surface area contributed by atoms with Gasteiger partial charge in [0.2, 0.25) is 5.95 Å². The van der Waals surface area contributed by atoms with Crippen LogP contribution in [0.15, 0.2) is 53.8 Å². The number of nitrogens with one attached hydrogen (secondary N) is 1. The van der Waals surface area contributed by atoms with Crippen molar-refractivity contribution in [2.45, 2.75) is 13.5 Å². The maximum absolute atomic E-state index is 5.73. The summed E-state index contributed by atoms with van der Waals surface area (Å²) in [6, 6.07) is 12.1. The van der Waals surface area contributed by atoms with Crippen molar-refractivity contribution in [1.82, 2.24) is 20.2 Å². The minimum Gasteiger partial charge on any atom is -0.375 e. The number of piperazine rings is 1. The average Bonchev–Trinajstić information content (AvgIpc) is 2.74. The fourth-order valence-corrected chi connectivity index (χ4v) is 2.98. The molecule has 0 aliphatic carbocycles. The van der Waals surface area contributed by atoms with E-state index in [1.54, 1.807) is 12.4 Å². The normalized spacial score (nSPS) is 14.5. The van der Waals surface area contributed by atoms with Gasteiger partial charge in [0.05, 0.1) is 19.8 Å². The first-order chi connectivity index (χ1) is 13.4. The van der Waals surface area contributed by atoms with E-state index in [0.717, 1.165) is 44.6 Å². The van der Waals surface area contributed by atoms with Gasteiger partial charge in [-0.25, -0.2) is 9.97 Å². The number of ether oxygens (including phenoxy) is 1. The van der Waals surface area contributed by atoms with E-state index in [4.69, 9.17) is 9.73 Å². The molecule has 1 fully saturated rings. The molecule has 0 bridgehead atoms. The topological polar surface area (TPSA) is 65.9 Å². The lowest BCUT2D eigenvalue weighted by Crippen LogP contribution is -2.53. The lowest BCUT2D eigenvalue weighted by atomic mass is 10.2. The van der Waals surface area contributed by atoms with E-state index in [-0.39, 0.29) is 24.0 Å². The first kappa shape index (κ1) is 22.4. The molecule has 0 saturated carbocycles. The minimum atomic E-state index is 0. The van der Waals surface area contributed by atoms with Crippen LogP contribution < -0.4 is 10.2 Å². The van der Waals surface area contributed by atoms with Crippen LogP contribution in [0.1, 0.15) is 12.5 Å². The average molecular weight is 496 g/mol. The van der Waals surface area contributed by atoms with Gasteiger partial charge in [0.15, 0.2) is 5.96 Å². The first-order valence-corrected chi connectivity index (χ1v) is 9.53. The predicted octanol–water partition coefficient (Wildman–Crippen LogP) is 2.40. The summed E-state index contributed by atoms with van der Waals surface area (Å²) in [6.07, 6.45) is 3.57. The predicted molar refractivity (Wildman–Crippen MR) is 123 cm³/mol. The quantitative estimate of drug-likeness (QED) is 0.275. The molecule has 1 saturated heterocycles. The van der Waals surface area contributed by atoms with E-state index in [1.165, 1.54) is 5.56 Å². The molecule has 1 aliphatic rings. The van der Waals surface area contributed by atoms with E-state index in [0.29, 0.717) is 19.8 Å². The molecule has 1 N–H and O–H groups in total. The number of anilines is 1. The Balaban J connectivity index is 0.00000280. The zero-order valence-electron chi connectivity index (χ0n) is 16.3. The summed E-state index contributed by atoms with van der Waals surface area (Å²) in [6.45, 7) is 8.41. The minimum absolute atomic E-state index is 0. The third-order valence-electron chi connectivity index (χ3n) is 4.36. The highest BCUT2D eigenvalue weighted by Crippen LogP contribution is 2.09. The molecule has 2 heterocycles. The van der Waals surface area contributed by atoms with Crippen molar-refractivity contribution >= 4 is 35.9 Å². The highest BCUT2D eigenvalue weighted by molar-refractivity contribution is 14.0. The summed E-state index contributed by atoms with van der Waals surface area (Å²) < 4.78 is 5.73. The lowest BCUT2D eigenvalue weighted by molar-refractivity contribution is 0.128. The molecule has 1 aromatic carbocycles. The SMILES string of the molecule is CCNC(=NCCOCc1ccccc1)N1CCN(c2ncccn2)CC1.I. The Morgan fingerprint density at radius 3 is 2.46 bits per heavy atom. The van der Waals surface area contributed by atoms with Crippen molar-refractivity contribution in [2.75, 3.05) is 50.8 Å². The number of hydrogen-bond donors (Lipinski definition) is 1. The number of rotatable bonds is 7. The van der Waals surface area contributed by atoms with Crippen molar-refractivity contribution < 1.29 is 4.74 Å². The molecule has 0 atom stereocenters. The van der Waals surface area contributed by atoms with Crippen molar-refractivity contribution in [3.05, 3.63) is 54.4 Å². The number of benzene rings is 1. The van der Waals surface area contributed by atoms with Gasteiger partial charge in [0, 0.05) is 45.1 Å². The van der Waals surface area contributed by atoms with Crippen molar-refractivity contribution in [3.8, 4) is 0 Å². The first-order valence-electron chi connectivity index (χ1n) is 9.53. The van der Waals surface area contributed by atoms with E-state index in [9.17, 15) is 0 Å². The van der Waals surface area contributed by atoms with Crippen LogP contribution in [0.4, 0.5) is 5.95 Å². The summed E-state index contributed by atoms with van der Waals surface area (Å²) in [5, 5.41) is 3.39. The molecule has 8 heteroatoms. The Hall–Kier alpha value is -1.94. The lowest BCUT2D eigenvalue weighted by Gasteiger charge is -2.36. The summed E-state index contributed by atoms with van der Waals surface area (Å²) in [5.41, 5.74) is 1.19. The van der Waals surface area contributed by atoms with Gasteiger partial charge in [-0.2, -0.15) is 0 Å². The molecule has 1 aromatic heterocycles. The number of hydrogen-bond acceptors (Lipinski definition) is 5. The van der Waals surface area contributed by atoms with Crippen LogP contribution in [-0.4, -0.2) is 66.7 Å². The standard InChI is InChI=1S/C20H28N6O.HI/c1-2-21-19(24-11-16-27-17-18-7-4-3-5-8-18)25-12-14-26(15-13-25)20-22-9-6-10-23-20;/h3-10H,2,11-17H2,1H3,(H,21,24);1H. The zero-order valence-corrected chi connectivity index (χ0v) is 18.7. The molecular weight excluding hydrogens is 467 g/mol. The summed E-state index contributed by atoms with van der Waals surface area (Å²) in [7, 11) is 0. The number of halogens is 1. The molecule has 0 amide bonds. The van der Waals surface area contributed by atoms with Crippen LogP contribution in [-0.2, 0) is 11.3 Å². The van der Waals surface area contributed by atoms with Crippen molar-refractivity contribution in [2.24, 2.45) is 4.99 Å². The molecule has 28 heavy (non-hydrogen) atoms. The number of aliphatic imine (C=N–C) groups is 1. The molecule has 0 unspecified atom stereocenters. The molecule has 2 aromatic rings. The van der Waals surface area contributed by atoms with Crippen LogP contribution in [0, 0.1) is 0 Å². The Morgan fingerprint density at radius 1 is 1.07 bits per heavy atom. The van der Waals surface area contributed by atoms with Crippen LogP contribution in [0.25, 0.3) is 0 Å². The smallest absolute Gasteiger partial charge is 0.225 e. The fraction of sp³-hybridized carbons (Fsp3) is 0.450. The molecule has 152 valence electrons. The van der Waals surface area contributed by atoms with Gasteiger partial charge in [-0.15, -0.1) is 24.0 Å². The summed E-state index contributed by atoms with van der Waals surface area (Å²) in [4.78, 5) is 17.9. The van der Waals surface area contributed by atoms with Gasteiger partial charge in [-0.1, -0.05) is 30.3 Å². The second kappa shape index (κ2) is 12.5. The van der Waals surface area contributed by atoms with Crippen LogP contribution in [0.5, 0.6) is 0 Å². The van der Waals surface area contributed by atoms with E-state index in [1.807, 2.05) is 24.3 Å². The van der Waals surface area contributed by atoms with E-state index >= 15 is 0 Å². The van der Waals surface area contributed by atoms with Gasteiger partial charge in [-0.05, 0) is 18.6 Å². The van der Waals surface area contributed by atoms with Crippen LogP contribution >= 0.6 is 24.0 Å². The Bertz CT molecular complexity index is 692. The maximum atomic E-state index is 5.73. The fourth-order valence-electron chi connectivity index (χ4n) is 2.98. The van der Waals surface area contributed by atoms with Gasteiger partial charge >= 0.3 is 0 Å². The van der Waals surface area contributed by atoms with Gasteiger partial charge in [0.25, 0.3) is 0 Å². The van der Waals surface area contributed by atoms with E-state index in [2.05, 4.69) is 44.1 Å². The zero-order chi connectivity index (χ0) is 18.7. The second-order valence-corrected chi connectivity index (χ2v) is 6.30. The van der Waals surface area contributed by atoms with E-state index < -0.39 is 0 Å². The number of guanidine groups is 1. The number of nitrogens with zero attached hydrogens (tertiary/aromatic N) is 5. The summed E-state index contributed by atoms with van der Waals surface area (Å²) >= 11 is 0. The van der Waals surface area contributed by atoms with Crippen molar-refractivity contribution in [1.29, 1.82) is 0 Å². The molecule has 3 rings (SSSR count). The molecule has 0 spiro atoms. The molecule has 7 nitrogen and oxygen atoms in total. The highest BCUT2D eigenvalue weighted by Gasteiger charge is 2.20. The third kappa shape index (κ3) is 6.90. The third-order valence-corrected chi connectivity index (χ3v) is 4.36. The molecular formula is C20H29IN6O. The van der Waals surface area contributed by atoms with Gasteiger partial charge < -0.3 is 19.9 Å². The Morgan fingerprint density at radius 2 is 1.79 bits per heavy atom. The largest absolute Gasteiger partial charge is 0.375 e.